The minimum Gasteiger partial charge on any atom is -0.492 e. The van der Waals surface area contributed by atoms with Crippen LogP contribution in [0, 0.1) is 5.82 Å². The Balaban J connectivity index is 0.000000591. The van der Waals surface area contributed by atoms with E-state index in [1.807, 2.05) is 30.1 Å². The van der Waals surface area contributed by atoms with Gasteiger partial charge in [0.2, 0.25) is 5.43 Å². The molecule has 0 radical (unpaired) electrons. The van der Waals surface area contributed by atoms with Gasteiger partial charge in [-0.25, -0.2) is 14.0 Å². The number of hydrogen-bond acceptors (Lipinski definition) is 6. The van der Waals surface area contributed by atoms with E-state index in [1.165, 1.54) is 18.9 Å². The molecule has 2 N–H and O–H groups in total. The lowest BCUT2D eigenvalue weighted by Crippen LogP contribution is -2.33. The van der Waals surface area contributed by atoms with Crippen molar-refractivity contribution in [3.63, 3.8) is 0 Å². The summed E-state index contributed by atoms with van der Waals surface area (Å²) in [6, 6.07) is 11.4. The number of anilines is 1. The van der Waals surface area contributed by atoms with Crippen LogP contribution in [0.2, 0.25) is 0 Å². The van der Waals surface area contributed by atoms with Crippen molar-refractivity contribution < 1.29 is 42.1 Å². The summed E-state index contributed by atoms with van der Waals surface area (Å²) in [4.78, 5) is 37.6. The number of halogens is 5. The van der Waals surface area contributed by atoms with E-state index >= 15 is 4.39 Å². The summed E-state index contributed by atoms with van der Waals surface area (Å²) in [5.74, 6) is -4.41. The average molecular weight is 654 g/mol. The van der Waals surface area contributed by atoms with Gasteiger partial charge in [0.25, 0.3) is 0 Å². The Bertz CT molecular complexity index is 1660. The number of nitrogens with zero attached hydrogens (tertiary/aromatic N) is 3. The first-order valence-electron chi connectivity index (χ1n) is 14.1. The zero-order valence-corrected chi connectivity index (χ0v) is 25.3. The highest BCUT2D eigenvalue weighted by Gasteiger charge is 2.38. The standard InChI is InChI=1S/C29H31ClFN3O4.C2HF3O2/c1-32(15-18-6-4-3-5-7-18)17-23(30)19-10-12-33(13-11-19)26-24(31)14-21-25(28(26)38-2)34(20-8-9-20)16-22(27(21)35)29(36)37;3-2(4,5)1(6)7/h3-7,14,16,20H,8-13,15,17H2,1-2H3,(H,36,37);(H,6,7). The number of aliphatic carboxylic acids is 1. The molecule has 242 valence electrons. The van der Waals surface area contributed by atoms with Gasteiger partial charge in [0.05, 0.1) is 18.0 Å². The molecule has 45 heavy (non-hydrogen) atoms. The summed E-state index contributed by atoms with van der Waals surface area (Å²) in [6.45, 7) is 2.53. The number of hydrogen-bond donors (Lipinski definition) is 2. The number of fused-ring (bicyclic) bond motifs is 1. The van der Waals surface area contributed by atoms with Crippen LogP contribution >= 0.6 is 11.6 Å². The number of aromatic carboxylic acids is 1. The van der Waals surface area contributed by atoms with Crippen molar-refractivity contribution in [1.82, 2.24) is 9.47 Å². The Hall–Kier alpha value is -4.10. The molecule has 1 aromatic heterocycles. The number of carbonyl (C=O) groups is 2. The summed E-state index contributed by atoms with van der Waals surface area (Å²) in [5.41, 5.74) is 2.06. The maximum absolute atomic E-state index is 15.6. The SMILES string of the molecule is COc1c(N2CCC(=C(Cl)CN(C)Cc3ccccc3)CC2)c(F)cc2c(=O)c(C(=O)O)cn(C3CC3)c12.O=C(O)C(F)(F)F. The molecule has 1 saturated heterocycles. The molecule has 2 fully saturated rings. The van der Waals surface area contributed by atoms with Crippen LogP contribution in [0.3, 0.4) is 0 Å². The van der Waals surface area contributed by atoms with Gasteiger partial charge in [-0.15, -0.1) is 0 Å². The number of rotatable bonds is 8. The number of benzene rings is 2. The number of likely N-dealkylation sites (N-methyl/N-ethyl adjacent to an activating group) is 1. The molecule has 9 nitrogen and oxygen atoms in total. The van der Waals surface area contributed by atoms with Crippen molar-refractivity contribution in [2.24, 2.45) is 0 Å². The third-order valence-electron chi connectivity index (χ3n) is 7.59. The topological polar surface area (TPSA) is 112 Å². The van der Waals surface area contributed by atoms with E-state index in [2.05, 4.69) is 17.0 Å². The van der Waals surface area contributed by atoms with Crippen LogP contribution in [0.1, 0.15) is 47.6 Å². The van der Waals surface area contributed by atoms with Crippen LogP contribution < -0.4 is 15.1 Å². The van der Waals surface area contributed by atoms with Gasteiger partial charge in [-0.2, -0.15) is 13.2 Å². The Morgan fingerprint density at radius 3 is 2.22 bits per heavy atom. The third kappa shape index (κ3) is 7.95. The summed E-state index contributed by atoms with van der Waals surface area (Å²) in [5, 5.41) is 17.5. The predicted molar refractivity (Wildman–Crippen MR) is 161 cm³/mol. The first kappa shape index (κ1) is 33.8. The summed E-state index contributed by atoms with van der Waals surface area (Å²) >= 11 is 6.74. The number of ether oxygens (including phenoxy) is 1. The van der Waals surface area contributed by atoms with Crippen LogP contribution in [0.4, 0.5) is 23.2 Å². The molecule has 14 heteroatoms. The molecular weight excluding hydrogens is 622 g/mol. The molecule has 5 rings (SSSR count). The summed E-state index contributed by atoms with van der Waals surface area (Å²) < 4.78 is 54.8. The first-order chi connectivity index (χ1) is 21.2. The van der Waals surface area contributed by atoms with Gasteiger partial charge in [-0.1, -0.05) is 47.5 Å². The van der Waals surface area contributed by atoms with E-state index in [9.17, 15) is 27.9 Å². The van der Waals surface area contributed by atoms with Gasteiger partial charge in [0, 0.05) is 43.4 Å². The highest BCUT2D eigenvalue weighted by molar-refractivity contribution is 6.30. The zero-order valence-electron chi connectivity index (χ0n) is 24.5. The van der Waals surface area contributed by atoms with Gasteiger partial charge in [-0.3, -0.25) is 9.69 Å². The quantitative estimate of drug-likeness (QED) is 0.283. The van der Waals surface area contributed by atoms with Crippen molar-refractivity contribution in [3.05, 3.63) is 80.4 Å². The van der Waals surface area contributed by atoms with E-state index < -0.39 is 29.4 Å². The Morgan fingerprint density at radius 2 is 1.71 bits per heavy atom. The lowest BCUT2D eigenvalue weighted by molar-refractivity contribution is -0.192. The largest absolute Gasteiger partial charge is 0.492 e. The molecule has 1 saturated carbocycles. The molecule has 1 aliphatic heterocycles. The van der Waals surface area contributed by atoms with Crippen molar-refractivity contribution in [2.45, 2.75) is 44.4 Å². The predicted octanol–water partition coefficient (Wildman–Crippen LogP) is 6.04. The van der Waals surface area contributed by atoms with Crippen LogP contribution in [0.25, 0.3) is 10.9 Å². The molecule has 1 aliphatic carbocycles. The van der Waals surface area contributed by atoms with E-state index in [0.717, 1.165) is 36.1 Å². The molecule has 2 aliphatic rings. The molecule has 0 unspecified atom stereocenters. The van der Waals surface area contributed by atoms with Crippen LogP contribution in [0.5, 0.6) is 5.75 Å². The van der Waals surface area contributed by atoms with Crippen molar-refractivity contribution in [3.8, 4) is 5.75 Å². The smallest absolute Gasteiger partial charge is 0.490 e. The number of carboxylic acids is 2. The number of alkyl halides is 3. The van der Waals surface area contributed by atoms with Gasteiger partial charge in [0.1, 0.15) is 11.3 Å². The number of carboxylic acid groups (broad SMARTS) is 2. The van der Waals surface area contributed by atoms with Gasteiger partial charge in [-0.05, 0) is 44.4 Å². The van der Waals surface area contributed by atoms with Gasteiger partial charge < -0.3 is 24.4 Å². The number of methoxy groups -OCH3 is 1. The van der Waals surface area contributed by atoms with Crippen molar-refractivity contribution in [1.29, 1.82) is 0 Å². The van der Waals surface area contributed by atoms with Gasteiger partial charge in [0.15, 0.2) is 11.6 Å². The summed E-state index contributed by atoms with van der Waals surface area (Å²) in [7, 11) is 3.49. The van der Waals surface area contributed by atoms with E-state index in [-0.39, 0.29) is 22.7 Å². The normalized spacial score (nSPS) is 15.1. The fourth-order valence-electron chi connectivity index (χ4n) is 5.30. The van der Waals surface area contributed by atoms with Crippen LogP contribution in [-0.2, 0) is 11.3 Å². The van der Waals surface area contributed by atoms with E-state index in [4.69, 9.17) is 26.2 Å². The van der Waals surface area contributed by atoms with Crippen molar-refractivity contribution >= 4 is 40.1 Å². The number of pyridine rings is 1. The molecule has 2 heterocycles. The molecule has 0 amide bonds. The van der Waals surface area contributed by atoms with E-state index in [0.29, 0.717) is 43.7 Å². The van der Waals surface area contributed by atoms with Crippen LogP contribution in [-0.4, -0.2) is 71.6 Å². The first-order valence-corrected chi connectivity index (χ1v) is 14.4. The van der Waals surface area contributed by atoms with E-state index in [1.54, 1.807) is 4.57 Å². The highest BCUT2D eigenvalue weighted by atomic mass is 35.5. The average Bonchev–Trinajstić information content (AvgIpc) is 3.83. The minimum absolute atomic E-state index is 0.0250. The number of aromatic nitrogens is 1. The molecule has 0 spiro atoms. The third-order valence-corrected chi connectivity index (χ3v) is 7.97. The minimum atomic E-state index is -5.08. The molecule has 2 aromatic carbocycles. The van der Waals surface area contributed by atoms with Crippen LogP contribution in [0.15, 0.2) is 58.0 Å². The zero-order chi connectivity index (χ0) is 33.1. The summed E-state index contributed by atoms with van der Waals surface area (Å²) in [6.07, 6.45) is -0.611. The molecule has 0 bridgehead atoms. The fraction of sp³-hybridized carbons (Fsp3) is 0.387. The Kier molecular flexibility index (Phi) is 10.4. The lowest BCUT2D eigenvalue weighted by Gasteiger charge is -2.33. The molecular formula is C31H32ClF4N3O6. The Labute approximate surface area is 260 Å². The maximum Gasteiger partial charge on any atom is 0.490 e. The lowest BCUT2D eigenvalue weighted by atomic mass is 10.0. The number of piperidine rings is 1. The second-order valence-corrected chi connectivity index (χ2v) is 11.4. The molecule has 3 aromatic rings. The Morgan fingerprint density at radius 1 is 1.11 bits per heavy atom. The highest BCUT2D eigenvalue weighted by Crippen LogP contribution is 2.44. The van der Waals surface area contributed by atoms with Gasteiger partial charge >= 0.3 is 18.1 Å². The fourth-order valence-corrected chi connectivity index (χ4v) is 5.69. The molecule has 0 atom stereocenters. The second kappa shape index (κ2) is 13.9. The van der Waals surface area contributed by atoms with Crippen molar-refractivity contribution in [2.75, 3.05) is 38.7 Å². The second-order valence-electron chi connectivity index (χ2n) is 10.9. The monoisotopic (exact) mass is 653 g/mol. The maximum atomic E-state index is 15.6.